The zero-order valence-corrected chi connectivity index (χ0v) is 32.1. The van der Waals surface area contributed by atoms with Crippen molar-refractivity contribution >= 4 is 39.6 Å². The number of halogens is 1. The summed E-state index contributed by atoms with van der Waals surface area (Å²) < 4.78 is 18.6. The van der Waals surface area contributed by atoms with Gasteiger partial charge >= 0.3 is 5.97 Å². The number of carbonyl (C=O) groups excluding carboxylic acids is 4. The summed E-state index contributed by atoms with van der Waals surface area (Å²) in [4.78, 5) is 60.0. The monoisotopic (exact) mass is 773 g/mol. The maximum Gasteiger partial charge on any atom is 0.313 e. The molecule has 3 amide bonds. The Kier molecular flexibility index (Phi) is 14.9. The van der Waals surface area contributed by atoms with Crippen molar-refractivity contribution in [2.75, 3.05) is 33.4 Å². The number of benzene rings is 1. The topological polar surface area (TPSA) is 135 Å². The number of hydrogen-bond acceptors (Lipinski definition) is 8. The van der Waals surface area contributed by atoms with Gasteiger partial charge in [0.25, 0.3) is 0 Å². The molecular weight excluding hydrogens is 718 g/mol. The van der Waals surface area contributed by atoms with Gasteiger partial charge in [0, 0.05) is 31.4 Å². The van der Waals surface area contributed by atoms with Crippen molar-refractivity contribution in [2.24, 2.45) is 17.8 Å². The molecule has 3 saturated heterocycles. The molecular formula is C39H56BrN3O8. The molecule has 0 aliphatic carbocycles. The largest absolute Gasteiger partial charge is 0.455 e. The van der Waals surface area contributed by atoms with Gasteiger partial charge in [-0.2, -0.15) is 0 Å². The Hall–Kier alpha value is -3.06. The number of esters is 1. The maximum atomic E-state index is 14.8. The Morgan fingerprint density at radius 2 is 1.92 bits per heavy atom. The quantitative estimate of drug-likeness (QED) is 0.0794. The zero-order chi connectivity index (χ0) is 37.3. The number of aliphatic hydroxyl groups excluding tert-OH is 1. The number of ether oxygens (including phenoxy) is 3. The van der Waals surface area contributed by atoms with Crippen LogP contribution in [-0.2, 0) is 33.4 Å². The van der Waals surface area contributed by atoms with E-state index in [1.165, 1.54) is 12.0 Å². The summed E-state index contributed by atoms with van der Waals surface area (Å²) in [5.41, 5.74) is -0.683. The fraction of sp³-hybridized carbons (Fsp3) is 0.641. The Balaban J connectivity index is 1.76. The number of alkyl halides is 1. The third-order valence-electron chi connectivity index (χ3n) is 10.8. The summed E-state index contributed by atoms with van der Waals surface area (Å²) >= 11 is 3.75. The van der Waals surface area contributed by atoms with Crippen LogP contribution in [0.4, 0.5) is 0 Å². The van der Waals surface area contributed by atoms with Crippen molar-refractivity contribution in [3.05, 3.63) is 61.2 Å². The lowest BCUT2D eigenvalue weighted by Gasteiger charge is -2.41. The van der Waals surface area contributed by atoms with E-state index in [1.807, 2.05) is 44.2 Å². The average Bonchev–Trinajstić information content (AvgIpc) is 3.72. The van der Waals surface area contributed by atoms with Crippen LogP contribution in [0.1, 0.15) is 77.4 Å². The molecule has 1 aromatic rings. The van der Waals surface area contributed by atoms with Gasteiger partial charge in [-0.05, 0) is 30.7 Å². The lowest BCUT2D eigenvalue weighted by atomic mass is 9.70. The molecule has 0 radical (unpaired) electrons. The Morgan fingerprint density at radius 3 is 2.53 bits per heavy atom. The predicted octanol–water partition coefficient (Wildman–Crippen LogP) is 4.73. The summed E-state index contributed by atoms with van der Waals surface area (Å²) in [6, 6.07) is 6.64. The highest BCUT2D eigenvalue weighted by atomic mass is 79.9. The number of fused-ring (bicyclic) bond motifs is 1. The van der Waals surface area contributed by atoms with Crippen molar-refractivity contribution in [3.8, 4) is 0 Å². The fourth-order valence-corrected chi connectivity index (χ4v) is 9.03. The SMILES string of the molecule is C=CCCC(=O)N[C@H](COC)[C@H](OC(=O)[C@@H]1[C@H]2O[C@@]3(CC2Br)[C@H](C(=O)N(CC=C)CCCCC)N([C@@H](CO)[C@@H](C)CC)C(=O)[C@@H]13)c1ccccc1. The standard InChI is InChI=1S/C39H56BrN3O8/c1-7-11-16-21-42(20-9-3)37(47)35-39-22-27(40)34(51-39)31(32(39)36(46)43(35)29(23-44)25(5)10-4)38(48)50-33(26-17-14-13-15-18-26)28(24-49-6)41-30(45)19-12-8-2/h8-9,13-15,17-18,25,27-29,31-35,44H,2-3,7,10-12,16,19-24H2,1,4-6H3,(H,41,45)/t25-,27?,28+,29-,31-,32+,33+,34-,35-,39+/m0/s1. The molecule has 2 bridgehead atoms. The van der Waals surface area contributed by atoms with E-state index in [0.717, 1.165) is 19.3 Å². The van der Waals surface area contributed by atoms with Crippen molar-refractivity contribution < 1.29 is 38.5 Å². The van der Waals surface area contributed by atoms with Crippen LogP contribution in [0.25, 0.3) is 0 Å². The minimum Gasteiger partial charge on any atom is -0.455 e. The first-order chi connectivity index (χ1) is 24.5. The molecule has 1 aromatic carbocycles. The lowest BCUT2D eigenvalue weighted by Crippen LogP contribution is -2.60. The van der Waals surface area contributed by atoms with Crippen molar-refractivity contribution in [2.45, 2.75) is 106 Å². The second-order valence-corrected chi connectivity index (χ2v) is 15.2. The third kappa shape index (κ3) is 8.45. The normalized spacial score (nSPS) is 27.3. The molecule has 1 unspecified atom stereocenters. The smallest absolute Gasteiger partial charge is 0.313 e. The van der Waals surface area contributed by atoms with E-state index in [9.17, 15) is 24.3 Å². The number of nitrogens with one attached hydrogen (secondary N) is 1. The molecule has 4 rings (SSSR count). The molecule has 3 aliphatic rings. The van der Waals surface area contributed by atoms with E-state index < -0.39 is 59.6 Å². The summed E-state index contributed by atoms with van der Waals surface area (Å²) in [6.07, 6.45) is 6.01. The highest BCUT2D eigenvalue weighted by Gasteiger charge is 2.77. The molecule has 1 spiro atoms. The number of aliphatic hydroxyl groups is 1. The van der Waals surface area contributed by atoms with Crippen LogP contribution < -0.4 is 5.32 Å². The van der Waals surface area contributed by atoms with E-state index in [1.54, 1.807) is 17.1 Å². The van der Waals surface area contributed by atoms with E-state index in [-0.39, 0.29) is 42.2 Å². The number of rotatable bonds is 21. The number of hydrogen-bond donors (Lipinski definition) is 2. The van der Waals surface area contributed by atoms with Gasteiger partial charge in [0.2, 0.25) is 17.7 Å². The summed E-state index contributed by atoms with van der Waals surface area (Å²) in [5.74, 6) is -3.79. The Labute approximate surface area is 311 Å². The molecule has 2 N–H and O–H groups in total. The second-order valence-electron chi connectivity index (χ2n) is 14.0. The van der Waals surface area contributed by atoms with Gasteiger partial charge in [-0.1, -0.05) is 98.4 Å². The Morgan fingerprint density at radius 1 is 1.20 bits per heavy atom. The first kappa shape index (κ1) is 40.7. The molecule has 12 heteroatoms. The average molecular weight is 775 g/mol. The van der Waals surface area contributed by atoms with Crippen molar-refractivity contribution in [1.29, 1.82) is 0 Å². The zero-order valence-electron chi connectivity index (χ0n) is 30.5. The summed E-state index contributed by atoms with van der Waals surface area (Å²) in [5, 5.41) is 13.7. The molecule has 51 heavy (non-hydrogen) atoms. The number of likely N-dealkylation sites (tertiary alicyclic amines) is 1. The summed E-state index contributed by atoms with van der Waals surface area (Å²) in [6.45, 7) is 14.1. The van der Waals surface area contributed by atoms with Gasteiger partial charge in [-0.25, -0.2) is 0 Å². The van der Waals surface area contributed by atoms with E-state index >= 15 is 0 Å². The van der Waals surface area contributed by atoms with Crippen LogP contribution in [0.3, 0.4) is 0 Å². The van der Waals surface area contributed by atoms with Gasteiger partial charge in [0.05, 0.1) is 43.2 Å². The van der Waals surface area contributed by atoms with Crippen molar-refractivity contribution in [3.63, 3.8) is 0 Å². The number of amides is 3. The highest BCUT2D eigenvalue weighted by molar-refractivity contribution is 9.09. The van der Waals surface area contributed by atoms with Crippen LogP contribution in [0.5, 0.6) is 0 Å². The number of nitrogens with zero attached hydrogens (tertiary/aromatic N) is 2. The number of allylic oxidation sites excluding steroid dienone is 1. The maximum absolute atomic E-state index is 14.8. The van der Waals surface area contributed by atoms with Gasteiger partial charge in [0.1, 0.15) is 17.7 Å². The molecule has 3 aliphatic heterocycles. The van der Waals surface area contributed by atoms with Crippen molar-refractivity contribution in [1.82, 2.24) is 15.1 Å². The minimum atomic E-state index is -1.32. The molecule has 3 heterocycles. The van der Waals surface area contributed by atoms with Crippen LogP contribution >= 0.6 is 15.9 Å². The van der Waals surface area contributed by atoms with Gasteiger partial charge < -0.3 is 34.4 Å². The molecule has 11 nitrogen and oxygen atoms in total. The minimum absolute atomic E-state index is 0.0548. The van der Waals surface area contributed by atoms with Crippen LogP contribution in [0, 0.1) is 17.8 Å². The predicted molar refractivity (Wildman–Crippen MR) is 198 cm³/mol. The first-order valence-corrected chi connectivity index (χ1v) is 19.3. The number of carbonyl (C=O) groups is 4. The van der Waals surface area contributed by atoms with Gasteiger partial charge in [-0.3, -0.25) is 19.2 Å². The van der Waals surface area contributed by atoms with E-state index in [2.05, 4.69) is 41.3 Å². The molecule has 0 saturated carbocycles. The van der Waals surface area contributed by atoms with E-state index in [4.69, 9.17) is 14.2 Å². The van der Waals surface area contributed by atoms with Crippen LogP contribution in [0.2, 0.25) is 0 Å². The second kappa shape index (κ2) is 18.6. The van der Waals surface area contributed by atoms with Crippen LogP contribution in [-0.4, -0.2) is 107 Å². The molecule has 3 fully saturated rings. The molecule has 0 aromatic heterocycles. The molecule has 10 atom stereocenters. The highest BCUT2D eigenvalue weighted by Crippen LogP contribution is 2.61. The third-order valence-corrected chi connectivity index (χ3v) is 11.6. The summed E-state index contributed by atoms with van der Waals surface area (Å²) in [7, 11) is 1.51. The number of methoxy groups -OCH3 is 1. The Bertz CT molecular complexity index is 1380. The fourth-order valence-electron chi connectivity index (χ4n) is 8.09. The first-order valence-electron chi connectivity index (χ1n) is 18.3. The number of unbranched alkanes of at least 4 members (excludes halogenated alkanes) is 2. The van der Waals surface area contributed by atoms with E-state index in [0.29, 0.717) is 37.9 Å². The lowest BCUT2D eigenvalue weighted by molar-refractivity contribution is -0.163. The van der Waals surface area contributed by atoms with Gasteiger partial charge in [0.15, 0.2) is 0 Å². The molecule has 282 valence electrons. The van der Waals surface area contributed by atoms with Crippen LogP contribution in [0.15, 0.2) is 55.6 Å². The van der Waals surface area contributed by atoms with Gasteiger partial charge in [-0.15, -0.1) is 13.2 Å².